The molecule has 3 aromatic rings. The number of carbonyl (C=O) groups excluding carboxylic acids is 1. The van der Waals surface area contributed by atoms with Gasteiger partial charge in [-0.25, -0.2) is 0 Å². The van der Waals surface area contributed by atoms with Gasteiger partial charge in [-0.05, 0) is 60.4 Å². The highest BCUT2D eigenvalue weighted by atomic mass is 16.5. The lowest BCUT2D eigenvalue weighted by molar-refractivity contribution is -0.112. The lowest BCUT2D eigenvalue weighted by Crippen LogP contribution is -2.17. The topological polar surface area (TPSA) is 74.2 Å². The number of para-hydroxylation sites is 2. The summed E-state index contributed by atoms with van der Waals surface area (Å²) in [7, 11) is 0. The van der Waals surface area contributed by atoms with E-state index in [0.29, 0.717) is 5.75 Å². The molecule has 0 aliphatic rings. The zero-order valence-corrected chi connectivity index (χ0v) is 17.8. The zero-order chi connectivity index (χ0) is 22.2. The van der Waals surface area contributed by atoms with Gasteiger partial charge in [0.2, 0.25) is 0 Å². The number of anilines is 2. The highest BCUT2D eigenvalue weighted by Gasteiger charge is 2.15. The molecule has 0 bridgehead atoms. The van der Waals surface area contributed by atoms with E-state index >= 15 is 0 Å². The molecule has 2 N–H and O–H groups in total. The third kappa shape index (κ3) is 5.74. The first-order valence-electron chi connectivity index (χ1n) is 10.1. The van der Waals surface area contributed by atoms with Crippen LogP contribution in [0.15, 0.2) is 84.6 Å². The Kier molecular flexibility index (Phi) is 7.08. The molecule has 0 aliphatic carbocycles. The summed E-state index contributed by atoms with van der Waals surface area (Å²) in [4.78, 5) is 12.7. The first kappa shape index (κ1) is 21.7. The van der Waals surface area contributed by atoms with Crippen LogP contribution in [0, 0.1) is 18.3 Å². The van der Waals surface area contributed by atoms with E-state index in [-0.39, 0.29) is 11.5 Å². The number of rotatable bonds is 7. The van der Waals surface area contributed by atoms with Crippen LogP contribution in [0.4, 0.5) is 11.4 Å². The first-order chi connectivity index (χ1) is 15.0. The van der Waals surface area contributed by atoms with Crippen LogP contribution in [0.5, 0.6) is 11.5 Å². The van der Waals surface area contributed by atoms with Crippen LogP contribution in [0.3, 0.4) is 0 Å². The minimum Gasteiger partial charge on any atom is -0.457 e. The van der Waals surface area contributed by atoms with Crippen LogP contribution in [0.2, 0.25) is 0 Å². The number of nitrogens with zero attached hydrogens (tertiary/aromatic N) is 1. The number of carbonyl (C=O) groups is 1. The van der Waals surface area contributed by atoms with Gasteiger partial charge in [-0.3, -0.25) is 4.79 Å². The molecule has 0 aliphatic heterocycles. The number of aryl methyl sites for hydroxylation is 1. The van der Waals surface area contributed by atoms with Gasteiger partial charge in [-0.1, -0.05) is 50.2 Å². The molecule has 0 fully saturated rings. The molecule has 0 atom stereocenters. The summed E-state index contributed by atoms with van der Waals surface area (Å²) in [6.45, 7) is 6.07. The maximum Gasteiger partial charge on any atom is 0.267 e. The highest BCUT2D eigenvalue weighted by Crippen LogP contribution is 2.28. The molecule has 0 saturated heterocycles. The number of amides is 1. The van der Waals surface area contributed by atoms with Crippen molar-refractivity contribution < 1.29 is 9.53 Å². The summed E-state index contributed by atoms with van der Waals surface area (Å²) in [5.74, 6) is 1.25. The van der Waals surface area contributed by atoms with Gasteiger partial charge in [-0.2, -0.15) is 5.26 Å². The van der Waals surface area contributed by atoms with Crippen LogP contribution >= 0.6 is 0 Å². The first-order valence-corrected chi connectivity index (χ1v) is 10.1. The maximum atomic E-state index is 12.7. The Balaban J connectivity index is 1.68. The minimum atomic E-state index is -0.449. The van der Waals surface area contributed by atoms with Crippen molar-refractivity contribution in [3.05, 3.63) is 95.7 Å². The Morgan fingerprint density at radius 1 is 0.968 bits per heavy atom. The molecular weight excluding hydrogens is 386 g/mol. The average molecular weight is 412 g/mol. The van der Waals surface area contributed by atoms with Crippen molar-refractivity contribution in [3.63, 3.8) is 0 Å². The second-order valence-corrected chi connectivity index (χ2v) is 7.40. The molecule has 5 heteroatoms. The van der Waals surface area contributed by atoms with Crippen LogP contribution in [0.25, 0.3) is 0 Å². The maximum absolute atomic E-state index is 12.7. The lowest BCUT2D eigenvalue weighted by atomic mass is 9.98. The standard InChI is InChI=1S/C26H25N3O2/c1-18(2)24-11-7-8-19(3)25(24)29-26(30)20(16-27)17-28-21-12-14-23(15-13-21)31-22-9-5-4-6-10-22/h4-15,17-18,28H,1-3H3,(H,29,30)/b20-17-. The van der Waals surface area contributed by atoms with Crippen molar-refractivity contribution in [2.75, 3.05) is 10.6 Å². The van der Waals surface area contributed by atoms with Crippen LogP contribution in [-0.4, -0.2) is 5.91 Å². The molecule has 0 unspecified atom stereocenters. The van der Waals surface area contributed by atoms with Gasteiger partial charge in [-0.15, -0.1) is 0 Å². The quantitative estimate of drug-likeness (QED) is 0.350. The van der Waals surface area contributed by atoms with Crippen molar-refractivity contribution in [2.45, 2.75) is 26.7 Å². The molecule has 31 heavy (non-hydrogen) atoms. The normalized spacial score (nSPS) is 11.0. The van der Waals surface area contributed by atoms with E-state index in [1.54, 1.807) is 0 Å². The number of nitrogens with one attached hydrogen (secondary N) is 2. The molecule has 5 nitrogen and oxygen atoms in total. The van der Waals surface area contributed by atoms with E-state index in [2.05, 4.69) is 24.5 Å². The molecule has 0 aromatic heterocycles. The van der Waals surface area contributed by atoms with Gasteiger partial charge in [0.05, 0.1) is 0 Å². The van der Waals surface area contributed by atoms with Crippen LogP contribution in [-0.2, 0) is 4.79 Å². The van der Waals surface area contributed by atoms with Crippen LogP contribution < -0.4 is 15.4 Å². The molecule has 0 radical (unpaired) electrons. The van der Waals surface area contributed by atoms with Gasteiger partial charge < -0.3 is 15.4 Å². The summed E-state index contributed by atoms with van der Waals surface area (Å²) in [6, 6.07) is 24.6. The molecular formula is C26H25N3O2. The zero-order valence-electron chi connectivity index (χ0n) is 17.8. The summed E-state index contributed by atoms with van der Waals surface area (Å²) in [5, 5.41) is 15.4. The van der Waals surface area contributed by atoms with Crippen molar-refractivity contribution in [1.82, 2.24) is 0 Å². The summed E-state index contributed by atoms with van der Waals surface area (Å²) in [5.41, 5.74) is 3.47. The number of nitriles is 1. The Hall–Kier alpha value is -4.04. The fourth-order valence-corrected chi connectivity index (χ4v) is 3.07. The minimum absolute atomic E-state index is 0.0115. The van der Waals surface area contributed by atoms with Gasteiger partial charge in [0.1, 0.15) is 23.1 Å². The summed E-state index contributed by atoms with van der Waals surface area (Å²) < 4.78 is 5.77. The molecule has 0 spiro atoms. The molecule has 156 valence electrons. The van der Waals surface area contributed by atoms with E-state index in [1.807, 2.05) is 85.8 Å². The fraction of sp³-hybridized carbons (Fsp3) is 0.154. The second kappa shape index (κ2) is 10.1. The van der Waals surface area contributed by atoms with Gasteiger partial charge >= 0.3 is 0 Å². The van der Waals surface area contributed by atoms with Crippen LogP contribution in [0.1, 0.15) is 30.9 Å². The van der Waals surface area contributed by atoms with E-state index in [9.17, 15) is 10.1 Å². The predicted molar refractivity (Wildman–Crippen MR) is 124 cm³/mol. The number of hydrogen-bond acceptors (Lipinski definition) is 4. The van der Waals surface area contributed by atoms with E-state index < -0.39 is 5.91 Å². The van der Waals surface area contributed by atoms with Crippen molar-refractivity contribution in [3.8, 4) is 17.6 Å². The molecule has 3 rings (SSSR count). The Morgan fingerprint density at radius 2 is 1.65 bits per heavy atom. The fourth-order valence-electron chi connectivity index (χ4n) is 3.07. The molecule has 0 saturated carbocycles. The third-order valence-corrected chi connectivity index (χ3v) is 4.75. The van der Waals surface area contributed by atoms with Gasteiger partial charge in [0, 0.05) is 17.6 Å². The smallest absolute Gasteiger partial charge is 0.267 e. The predicted octanol–water partition coefficient (Wildman–Crippen LogP) is 6.37. The van der Waals surface area contributed by atoms with E-state index in [0.717, 1.165) is 28.3 Å². The van der Waals surface area contributed by atoms with Gasteiger partial charge in [0.15, 0.2) is 0 Å². The SMILES string of the molecule is Cc1cccc(C(C)C)c1NC(=O)/C(C#N)=C\Nc1ccc(Oc2ccccc2)cc1. The van der Waals surface area contributed by atoms with Crippen molar-refractivity contribution >= 4 is 17.3 Å². The Morgan fingerprint density at radius 3 is 2.29 bits per heavy atom. The van der Waals surface area contributed by atoms with Gasteiger partial charge in [0.25, 0.3) is 5.91 Å². The third-order valence-electron chi connectivity index (χ3n) is 4.75. The van der Waals surface area contributed by atoms with E-state index in [1.165, 1.54) is 6.20 Å². The largest absolute Gasteiger partial charge is 0.457 e. The molecule has 0 heterocycles. The average Bonchev–Trinajstić information content (AvgIpc) is 2.77. The molecule has 1 amide bonds. The number of ether oxygens (including phenoxy) is 1. The Labute approximate surface area is 183 Å². The number of hydrogen-bond donors (Lipinski definition) is 2. The highest BCUT2D eigenvalue weighted by molar-refractivity contribution is 6.07. The second-order valence-electron chi connectivity index (χ2n) is 7.40. The summed E-state index contributed by atoms with van der Waals surface area (Å²) >= 11 is 0. The number of benzene rings is 3. The monoisotopic (exact) mass is 411 g/mol. The summed E-state index contributed by atoms with van der Waals surface area (Å²) in [6.07, 6.45) is 1.41. The van der Waals surface area contributed by atoms with Crippen molar-refractivity contribution in [2.24, 2.45) is 0 Å². The molecule has 3 aromatic carbocycles. The van der Waals surface area contributed by atoms with E-state index in [4.69, 9.17) is 4.74 Å². The lowest BCUT2D eigenvalue weighted by Gasteiger charge is -2.16. The van der Waals surface area contributed by atoms with Crippen molar-refractivity contribution in [1.29, 1.82) is 5.26 Å². The Bertz CT molecular complexity index is 1110.